The van der Waals surface area contributed by atoms with Gasteiger partial charge in [0.2, 0.25) is 0 Å². The van der Waals surface area contributed by atoms with Crippen molar-refractivity contribution in [2.75, 3.05) is 25.0 Å². The van der Waals surface area contributed by atoms with E-state index in [1.165, 1.54) is 0 Å². The number of likely N-dealkylation sites (tertiary alicyclic amines) is 1. The van der Waals surface area contributed by atoms with Crippen molar-refractivity contribution in [1.82, 2.24) is 15.1 Å². The molecule has 2 heterocycles. The molecule has 1 aromatic heterocycles. The number of anilines is 2. The second kappa shape index (κ2) is 9.12. The van der Waals surface area contributed by atoms with Gasteiger partial charge in [0.05, 0.1) is 17.9 Å². The fourth-order valence-electron chi connectivity index (χ4n) is 3.07. The van der Waals surface area contributed by atoms with E-state index in [-0.39, 0.29) is 5.91 Å². The number of hydrogen-bond acceptors (Lipinski definition) is 6. The van der Waals surface area contributed by atoms with Crippen molar-refractivity contribution in [1.29, 1.82) is 0 Å². The molecule has 0 atom stereocenters. The predicted molar refractivity (Wildman–Crippen MR) is 102 cm³/mol. The Balaban J connectivity index is 1.71. The molecule has 0 unspecified atom stereocenters. The molecule has 1 fully saturated rings. The number of rotatable bonds is 5. The number of aromatic nitrogens is 2. The van der Waals surface area contributed by atoms with Crippen LogP contribution in [0, 0.1) is 0 Å². The largest absolute Gasteiger partial charge is 0.462 e. The van der Waals surface area contributed by atoms with Crippen molar-refractivity contribution < 1.29 is 14.3 Å². The quantitative estimate of drug-likeness (QED) is 0.814. The van der Waals surface area contributed by atoms with Gasteiger partial charge in [0.25, 0.3) is 5.91 Å². The Bertz CT molecular complexity index is 784. The van der Waals surface area contributed by atoms with Crippen molar-refractivity contribution in [3.05, 3.63) is 47.7 Å². The zero-order valence-electron chi connectivity index (χ0n) is 15.5. The molecule has 1 aliphatic rings. The maximum Gasteiger partial charge on any atom is 0.340 e. The lowest BCUT2D eigenvalue weighted by Gasteiger charge is -2.19. The van der Waals surface area contributed by atoms with E-state index in [0.29, 0.717) is 29.4 Å². The van der Waals surface area contributed by atoms with Gasteiger partial charge in [0, 0.05) is 13.1 Å². The Kier molecular flexibility index (Phi) is 6.35. The Morgan fingerprint density at radius 3 is 2.44 bits per heavy atom. The minimum Gasteiger partial charge on any atom is -0.462 e. The van der Waals surface area contributed by atoms with Crippen LogP contribution in [0.25, 0.3) is 0 Å². The van der Waals surface area contributed by atoms with Crippen LogP contribution < -0.4 is 5.32 Å². The third-order valence-corrected chi connectivity index (χ3v) is 4.46. The van der Waals surface area contributed by atoms with E-state index in [1.807, 2.05) is 11.0 Å². The van der Waals surface area contributed by atoms with Crippen LogP contribution >= 0.6 is 0 Å². The highest BCUT2D eigenvalue weighted by molar-refractivity contribution is 5.96. The standard InChI is InChI=1S/C20H24N4O3/c1-2-27-20(26)15-9-5-6-10-16(15)21-18-12-11-17(22-23-18)19(25)24-13-7-3-4-8-14-24/h5-6,9-12H,2-4,7-8,13-14H2,1H3,(H,21,23). The van der Waals surface area contributed by atoms with Crippen molar-refractivity contribution in [3.8, 4) is 0 Å². The maximum atomic E-state index is 12.6. The topological polar surface area (TPSA) is 84.4 Å². The van der Waals surface area contributed by atoms with Crippen LogP contribution in [0.3, 0.4) is 0 Å². The summed E-state index contributed by atoms with van der Waals surface area (Å²) in [4.78, 5) is 26.5. The van der Waals surface area contributed by atoms with Gasteiger partial charge < -0.3 is 15.0 Å². The van der Waals surface area contributed by atoms with Gasteiger partial charge in [-0.15, -0.1) is 10.2 Å². The summed E-state index contributed by atoms with van der Waals surface area (Å²) in [5, 5.41) is 11.2. The number of ether oxygens (including phenoxy) is 1. The normalized spacial score (nSPS) is 14.3. The smallest absolute Gasteiger partial charge is 0.340 e. The van der Waals surface area contributed by atoms with Gasteiger partial charge >= 0.3 is 5.97 Å². The summed E-state index contributed by atoms with van der Waals surface area (Å²) in [6.07, 6.45) is 4.39. The monoisotopic (exact) mass is 368 g/mol. The van der Waals surface area contributed by atoms with Crippen LogP contribution in [0.2, 0.25) is 0 Å². The molecule has 1 aliphatic heterocycles. The lowest BCUT2D eigenvalue weighted by atomic mass is 10.2. The molecule has 7 nitrogen and oxygen atoms in total. The number of nitrogens with one attached hydrogen (secondary N) is 1. The number of esters is 1. The third kappa shape index (κ3) is 4.81. The van der Waals surface area contributed by atoms with Crippen molar-refractivity contribution in [2.24, 2.45) is 0 Å². The molecule has 1 amide bonds. The van der Waals surface area contributed by atoms with Gasteiger partial charge in [0.1, 0.15) is 0 Å². The number of carbonyl (C=O) groups excluding carboxylic acids is 2. The molecule has 7 heteroatoms. The zero-order valence-corrected chi connectivity index (χ0v) is 15.5. The maximum absolute atomic E-state index is 12.6. The molecule has 142 valence electrons. The van der Waals surface area contributed by atoms with Crippen molar-refractivity contribution in [3.63, 3.8) is 0 Å². The van der Waals surface area contributed by atoms with Gasteiger partial charge in [-0.05, 0) is 44.0 Å². The fourth-order valence-corrected chi connectivity index (χ4v) is 3.07. The molecule has 1 aromatic carbocycles. The number of hydrogen-bond donors (Lipinski definition) is 1. The summed E-state index contributed by atoms with van der Waals surface area (Å²) < 4.78 is 5.07. The molecule has 0 aliphatic carbocycles. The summed E-state index contributed by atoms with van der Waals surface area (Å²) >= 11 is 0. The number of para-hydroxylation sites is 1. The van der Waals surface area contributed by atoms with Crippen LogP contribution in [0.5, 0.6) is 0 Å². The summed E-state index contributed by atoms with van der Waals surface area (Å²) in [6, 6.07) is 10.4. The molecule has 0 radical (unpaired) electrons. The molecule has 0 bridgehead atoms. The first-order valence-corrected chi connectivity index (χ1v) is 9.35. The minimum atomic E-state index is -0.401. The van der Waals surface area contributed by atoms with Crippen LogP contribution in [-0.4, -0.2) is 46.7 Å². The van der Waals surface area contributed by atoms with Gasteiger partial charge in [0.15, 0.2) is 11.5 Å². The van der Waals surface area contributed by atoms with Gasteiger partial charge in [-0.2, -0.15) is 0 Å². The van der Waals surface area contributed by atoms with E-state index in [1.54, 1.807) is 37.3 Å². The van der Waals surface area contributed by atoms with E-state index in [9.17, 15) is 9.59 Å². The number of benzene rings is 1. The lowest BCUT2D eigenvalue weighted by molar-refractivity contribution is 0.0527. The summed E-state index contributed by atoms with van der Waals surface area (Å²) in [5.41, 5.74) is 1.34. The van der Waals surface area contributed by atoms with Crippen LogP contribution in [0.1, 0.15) is 53.5 Å². The average molecular weight is 368 g/mol. The predicted octanol–water partition coefficient (Wildman–Crippen LogP) is 3.41. The molecular weight excluding hydrogens is 344 g/mol. The zero-order chi connectivity index (χ0) is 19.1. The van der Waals surface area contributed by atoms with E-state index >= 15 is 0 Å². The first-order valence-electron chi connectivity index (χ1n) is 9.35. The molecule has 0 saturated carbocycles. The third-order valence-electron chi connectivity index (χ3n) is 4.46. The molecule has 27 heavy (non-hydrogen) atoms. The average Bonchev–Trinajstić information content (AvgIpc) is 2.98. The first kappa shape index (κ1) is 18.8. The molecule has 0 spiro atoms. The van der Waals surface area contributed by atoms with Crippen LogP contribution in [-0.2, 0) is 4.74 Å². The van der Waals surface area contributed by atoms with Gasteiger partial charge in [-0.25, -0.2) is 4.79 Å². The van der Waals surface area contributed by atoms with Crippen LogP contribution in [0.4, 0.5) is 11.5 Å². The molecule has 3 rings (SSSR count). The van der Waals surface area contributed by atoms with Crippen molar-refractivity contribution >= 4 is 23.4 Å². The Morgan fingerprint density at radius 1 is 1.04 bits per heavy atom. The highest BCUT2D eigenvalue weighted by Gasteiger charge is 2.19. The fraction of sp³-hybridized carbons (Fsp3) is 0.400. The number of amides is 1. The SMILES string of the molecule is CCOC(=O)c1ccccc1Nc1ccc(C(=O)N2CCCCCC2)nn1. The first-order chi connectivity index (χ1) is 13.2. The highest BCUT2D eigenvalue weighted by Crippen LogP contribution is 2.20. The second-order valence-corrected chi connectivity index (χ2v) is 6.40. The lowest BCUT2D eigenvalue weighted by Crippen LogP contribution is -2.32. The Morgan fingerprint density at radius 2 is 1.78 bits per heavy atom. The van der Waals surface area contributed by atoms with Gasteiger partial charge in [-0.1, -0.05) is 25.0 Å². The molecule has 2 aromatic rings. The highest BCUT2D eigenvalue weighted by atomic mass is 16.5. The van der Waals surface area contributed by atoms with E-state index < -0.39 is 5.97 Å². The molecule has 1 N–H and O–H groups in total. The summed E-state index contributed by atoms with van der Waals surface area (Å²) in [5.74, 6) is -0.0245. The number of nitrogens with zero attached hydrogens (tertiary/aromatic N) is 3. The van der Waals surface area contributed by atoms with Crippen LogP contribution in [0.15, 0.2) is 36.4 Å². The number of carbonyl (C=O) groups is 2. The second-order valence-electron chi connectivity index (χ2n) is 6.40. The summed E-state index contributed by atoms with van der Waals surface area (Å²) in [6.45, 7) is 3.61. The Labute approximate surface area is 158 Å². The van der Waals surface area contributed by atoms with Gasteiger partial charge in [-0.3, -0.25) is 4.79 Å². The molecule has 1 saturated heterocycles. The Hall–Kier alpha value is -2.96. The summed E-state index contributed by atoms with van der Waals surface area (Å²) in [7, 11) is 0. The van der Waals surface area contributed by atoms with E-state index in [4.69, 9.17) is 4.74 Å². The van der Waals surface area contributed by atoms with Crippen molar-refractivity contribution in [2.45, 2.75) is 32.6 Å². The minimum absolute atomic E-state index is 0.0807. The van der Waals surface area contributed by atoms with E-state index in [2.05, 4.69) is 15.5 Å². The molecular formula is C20H24N4O3. The van der Waals surface area contributed by atoms with E-state index in [0.717, 1.165) is 38.8 Å².